The SMILES string of the molecule is NC(=O)CC(NC(=O)C(Cc1ccc(O)cc1)NC(=O)C1CCCN1C(=O)C(N)Cc1ccccc1)C(=O)O. The molecule has 0 radical (unpaired) electrons. The van der Waals surface area contributed by atoms with Crippen molar-refractivity contribution < 1.29 is 34.2 Å². The number of aliphatic carboxylic acids is 1. The van der Waals surface area contributed by atoms with Gasteiger partial charge in [-0.3, -0.25) is 19.2 Å². The van der Waals surface area contributed by atoms with E-state index >= 15 is 0 Å². The molecule has 2 aromatic carbocycles. The lowest BCUT2D eigenvalue weighted by Crippen LogP contribution is -2.57. The molecule has 12 nitrogen and oxygen atoms in total. The molecule has 1 aliphatic rings. The van der Waals surface area contributed by atoms with E-state index < -0.39 is 54.3 Å². The van der Waals surface area contributed by atoms with Crippen LogP contribution in [0.5, 0.6) is 5.75 Å². The third-order valence-electron chi connectivity index (χ3n) is 6.48. The Labute approximate surface area is 225 Å². The summed E-state index contributed by atoms with van der Waals surface area (Å²) in [6.45, 7) is 0.327. The maximum atomic E-state index is 13.3. The Bertz CT molecular complexity index is 1190. The number of hydrogen-bond acceptors (Lipinski definition) is 7. The summed E-state index contributed by atoms with van der Waals surface area (Å²) in [6, 6.07) is 10.6. The van der Waals surface area contributed by atoms with E-state index in [9.17, 15) is 34.2 Å². The normalized spacial score (nSPS) is 17.1. The molecule has 4 amide bonds. The van der Waals surface area contributed by atoms with Crippen molar-refractivity contribution in [2.24, 2.45) is 11.5 Å². The van der Waals surface area contributed by atoms with Gasteiger partial charge in [-0.1, -0.05) is 42.5 Å². The molecular weight excluding hydrogens is 506 g/mol. The molecular formula is C27H33N5O7. The van der Waals surface area contributed by atoms with Crippen LogP contribution >= 0.6 is 0 Å². The first kappa shape index (κ1) is 29.1. The molecule has 208 valence electrons. The molecule has 1 heterocycles. The Morgan fingerprint density at radius 2 is 1.56 bits per heavy atom. The number of nitrogens with zero attached hydrogens (tertiary/aromatic N) is 1. The number of amides is 4. The van der Waals surface area contributed by atoms with Gasteiger partial charge >= 0.3 is 5.97 Å². The molecule has 0 bridgehead atoms. The van der Waals surface area contributed by atoms with Crippen molar-refractivity contribution in [3.63, 3.8) is 0 Å². The number of likely N-dealkylation sites (tertiary alicyclic amines) is 1. The van der Waals surface area contributed by atoms with E-state index in [1.54, 1.807) is 12.1 Å². The fourth-order valence-corrected chi connectivity index (χ4v) is 4.49. The van der Waals surface area contributed by atoms with Gasteiger partial charge in [-0.2, -0.15) is 0 Å². The van der Waals surface area contributed by atoms with Crippen LogP contribution in [0.4, 0.5) is 0 Å². The highest BCUT2D eigenvalue weighted by Gasteiger charge is 2.38. The quantitative estimate of drug-likeness (QED) is 0.205. The van der Waals surface area contributed by atoms with Gasteiger partial charge in [0.1, 0.15) is 23.9 Å². The minimum atomic E-state index is -1.59. The van der Waals surface area contributed by atoms with Crippen LogP contribution in [0.2, 0.25) is 0 Å². The number of carboxylic acid groups (broad SMARTS) is 1. The van der Waals surface area contributed by atoms with E-state index in [0.29, 0.717) is 31.4 Å². The van der Waals surface area contributed by atoms with Crippen molar-refractivity contribution in [1.82, 2.24) is 15.5 Å². The molecule has 0 saturated carbocycles. The van der Waals surface area contributed by atoms with Gasteiger partial charge in [0.2, 0.25) is 23.6 Å². The number of carbonyl (C=O) groups excluding carboxylic acids is 4. The van der Waals surface area contributed by atoms with Gasteiger partial charge in [-0.25, -0.2) is 4.79 Å². The first-order valence-electron chi connectivity index (χ1n) is 12.5. The summed E-state index contributed by atoms with van der Waals surface area (Å²) in [5.74, 6) is -4.20. The largest absolute Gasteiger partial charge is 0.508 e. The number of aromatic hydroxyl groups is 1. The molecule has 2 aromatic rings. The average Bonchev–Trinajstić information content (AvgIpc) is 3.39. The van der Waals surface area contributed by atoms with Gasteiger partial charge in [0.05, 0.1) is 12.5 Å². The van der Waals surface area contributed by atoms with Crippen LogP contribution < -0.4 is 22.1 Å². The first-order valence-corrected chi connectivity index (χ1v) is 12.5. The highest BCUT2D eigenvalue weighted by atomic mass is 16.4. The fraction of sp³-hybridized carbons (Fsp3) is 0.370. The molecule has 12 heteroatoms. The highest BCUT2D eigenvalue weighted by Crippen LogP contribution is 2.20. The summed E-state index contributed by atoms with van der Waals surface area (Å²) >= 11 is 0. The maximum Gasteiger partial charge on any atom is 0.326 e. The Kier molecular flexibility index (Phi) is 9.98. The van der Waals surface area contributed by atoms with E-state index in [1.165, 1.54) is 17.0 Å². The monoisotopic (exact) mass is 539 g/mol. The maximum absolute atomic E-state index is 13.3. The molecule has 4 atom stereocenters. The molecule has 39 heavy (non-hydrogen) atoms. The average molecular weight is 540 g/mol. The Balaban J connectivity index is 1.75. The van der Waals surface area contributed by atoms with Crippen LogP contribution in [-0.4, -0.2) is 75.4 Å². The highest BCUT2D eigenvalue weighted by molar-refractivity contribution is 5.95. The van der Waals surface area contributed by atoms with Gasteiger partial charge in [0, 0.05) is 13.0 Å². The number of phenolic OH excluding ortho intramolecular Hbond substituents is 1. The van der Waals surface area contributed by atoms with E-state index in [2.05, 4.69) is 10.6 Å². The summed E-state index contributed by atoms with van der Waals surface area (Å²) in [5, 5.41) is 23.8. The smallest absolute Gasteiger partial charge is 0.326 e. The zero-order valence-electron chi connectivity index (χ0n) is 21.3. The summed E-state index contributed by atoms with van der Waals surface area (Å²) in [7, 11) is 0. The van der Waals surface area contributed by atoms with Crippen LogP contribution in [0.15, 0.2) is 54.6 Å². The van der Waals surface area contributed by atoms with E-state index in [1.807, 2.05) is 30.3 Å². The van der Waals surface area contributed by atoms with Crippen LogP contribution in [0, 0.1) is 0 Å². The van der Waals surface area contributed by atoms with Crippen molar-refractivity contribution in [2.75, 3.05) is 6.54 Å². The number of carboxylic acids is 1. The van der Waals surface area contributed by atoms with E-state index in [4.69, 9.17) is 11.5 Å². The number of nitrogens with one attached hydrogen (secondary N) is 2. The lowest BCUT2D eigenvalue weighted by Gasteiger charge is -2.28. The zero-order chi connectivity index (χ0) is 28.5. The van der Waals surface area contributed by atoms with Crippen LogP contribution in [0.3, 0.4) is 0 Å². The lowest BCUT2D eigenvalue weighted by molar-refractivity contribution is -0.144. The second-order valence-electron chi connectivity index (χ2n) is 9.49. The second-order valence-corrected chi connectivity index (χ2v) is 9.49. The van der Waals surface area contributed by atoms with Crippen molar-refractivity contribution in [1.29, 1.82) is 0 Å². The third-order valence-corrected chi connectivity index (χ3v) is 6.48. The van der Waals surface area contributed by atoms with Gasteiger partial charge < -0.3 is 37.2 Å². The molecule has 3 rings (SSSR count). The van der Waals surface area contributed by atoms with Crippen LogP contribution in [0.1, 0.15) is 30.4 Å². The minimum absolute atomic E-state index is 0.00291. The van der Waals surface area contributed by atoms with E-state index in [-0.39, 0.29) is 18.1 Å². The molecule has 0 spiro atoms. The second kappa shape index (κ2) is 13.4. The summed E-state index contributed by atoms with van der Waals surface area (Å²) in [6.07, 6.45) is 0.548. The van der Waals surface area contributed by atoms with Crippen LogP contribution in [0.25, 0.3) is 0 Å². The van der Waals surface area contributed by atoms with Crippen molar-refractivity contribution in [3.8, 4) is 5.75 Å². The van der Waals surface area contributed by atoms with Crippen LogP contribution in [-0.2, 0) is 36.8 Å². The molecule has 8 N–H and O–H groups in total. The summed E-state index contributed by atoms with van der Waals surface area (Å²) in [5.41, 5.74) is 12.7. The Hall–Kier alpha value is -4.45. The van der Waals surface area contributed by atoms with Crippen molar-refractivity contribution in [3.05, 3.63) is 65.7 Å². The predicted octanol–water partition coefficient (Wildman–Crippen LogP) is -0.575. The Morgan fingerprint density at radius 3 is 2.18 bits per heavy atom. The number of rotatable bonds is 12. The van der Waals surface area contributed by atoms with Crippen molar-refractivity contribution >= 4 is 29.6 Å². The van der Waals surface area contributed by atoms with Gasteiger partial charge in [-0.05, 0) is 42.5 Å². The number of nitrogens with two attached hydrogens (primary N) is 2. The van der Waals surface area contributed by atoms with Crippen molar-refractivity contribution in [2.45, 2.75) is 56.3 Å². The fourth-order valence-electron chi connectivity index (χ4n) is 4.49. The number of benzene rings is 2. The molecule has 0 aliphatic carbocycles. The molecule has 1 fully saturated rings. The minimum Gasteiger partial charge on any atom is -0.508 e. The van der Waals surface area contributed by atoms with Gasteiger partial charge in [0.25, 0.3) is 0 Å². The molecule has 1 aliphatic heterocycles. The molecule has 1 saturated heterocycles. The van der Waals surface area contributed by atoms with Gasteiger partial charge in [-0.15, -0.1) is 0 Å². The lowest BCUT2D eigenvalue weighted by atomic mass is 10.0. The first-order chi connectivity index (χ1) is 18.5. The number of carbonyl (C=O) groups is 5. The van der Waals surface area contributed by atoms with E-state index in [0.717, 1.165) is 5.56 Å². The topological polar surface area (TPSA) is 205 Å². The summed E-state index contributed by atoms with van der Waals surface area (Å²) < 4.78 is 0. The predicted molar refractivity (Wildman–Crippen MR) is 140 cm³/mol. The Morgan fingerprint density at radius 1 is 0.923 bits per heavy atom. The number of hydrogen-bond donors (Lipinski definition) is 6. The summed E-state index contributed by atoms with van der Waals surface area (Å²) in [4.78, 5) is 63.8. The standard InChI is InChI=1S/C27H33N5O7/c28-19(13-16-5-2-1-3-6-16)26(37)32-12-4-7-22(32)25(36)30-20(14-17-8-10-18(33)11-9-17)24(35)31-21(27(38)39)15-23(29)34/h1-3,5-6,8-11,19-22,33H,4,7,12-15,28H2,(H2,29,34)(H,30,36)(H,31,35)(H,38,39). The molecule has 4 unspecified atom stereocenters. The third kappa shape index (κ3) is 8.27. The number of primary amides is 1. The number of phenols is 1. The van der Waals surface area contributed by atoms with Gasteiger partial charge in [0.15, 0.2) is 0 Å². The molecule has 0 aromatic heterocycles. The zero-order valence-corrected chi connectivity index (χ0v) is 21.3.